The van der Waals surface area contributed by atoms with Crippen LogP contribution in [0.25, 0.3) is 6.08 Å². The van der Waals surface area contributed by atoms with E-state index < -0.39 is 0 Å². The van der Waals surface area contributed by atoms with Crippen LogP contribution in [-0.2, 0) is 10.7 Å². The highest BCUT2D eigenvalue weighted by atomic mass is 35.5. The van der Waals surface area contributed by atoms with Crippen molar-refractivity contribution in [2.45, 2.75) is 5.88 Å². The van der Waals surface area contributed by atoms with E-state index in [4.69, 9.17) is 11.6 Å². The first-order valence-electron chi connectivity index (χ1n) is 6.25. The zero-order valence-electron chi connectivity index (χ0n) is 11.1. The minimum absolute atomic E-state index is 0.201. The van der Waals surface area contributed by atoms with E-state index in [1.165, 1.54) is 24.3 Å². The number of para-hydroxylation sites is 1. The predicted octanol–water partition coefficient (Wildman–Crippen LogP) is 3.49. The summed E-state index contributed by atoms with van der Waals surface area (Å²) in [6, 6.07) is 11.6. The first-order chi connectivity index (χ1) is 10.1. The summed E-state index contributed by atoms with van der Waals surface area (Å²) in [5.41, 5.74) is 2.10. The number of hydrogen-bond acceptors (Lipinski definition) is 3. The standard InChI is InChI=1S/C16H14ClNO3/c17-10-12-3-1-2-4-13(12)18-16(21)8-6-11-5-7-14(19)15(20)9-11/h1-9,19-20H,10H2,(H,18,21). The van der Waals surface area contributed by atoms with Crippen LogP contribution in [0.3, 0.4) is 0 Å². The van der Waals surface area contributed by atoms with Gasteiger partial charge in [-0.25, -0.2) is 0 Å². The molecule has 0 saturated heterocycles. The molecule has 0 aliphatic carbocycles. The Hall–Kier alpha value is -2.46. The van der Waals surface area contributed by atoms with Gasteiger partial charge in [0.25, 0.3) is 0 Å². The first-order valence-corrected chi connectivity index (χ1v) is 6.78. The third-order valence-electron chi connectivity index (χ3n) is 2.85. The van der Waals surface area contributed by atoms with Gasteiger partial charge in [0, 0.05) is 17.6 Å². The maximum absolute atomic E-state index is 11.9. The van der Waals surface area contributed by atoms with E-state index in [2.05, 4.69) is 5.32 Å². The smallest absolute Gasteiger partial charge is 0.248 e. The minimum Gasteiger partial charge on any atom is -0.504 e. The molecular formula is C16H14ClNO3. The number of benzene rings is 2. The Morgan fingerprint density at radius 3 is 2.62 bits per heavy atom. The molecule has 1 amide bonds. The van der Waals surface area contributed by atoms with Crippen LogP contribution in [-0.4, -0.2) is 16.1 Å². The molecule has 0 unspecified atom stereocenters. The topological polar surface area (TPSA) is 69.6 Å². The van der Waals surface area contributed by atoms with Crippen molar-refractivity contribution in [2.24, 2.45) is 0 Å². The number of alkyl halides is 1. The Kier molecular flexibility index (Phi) is 4.85. The molecule has 5 heteroatoms. The van der Waals surface area contributed by atoms with E-state index in [0.717, 1.165) is 5.56 Å². The second-order valence-corrected chi connectivity index (χ2v) is 4.63. The Morgan fingerprint density at radius 1 is 1.14 bits per heavy atom. The van der Waals surface area contributed by atoms with Crippen LogP contribution in [0.4, 0.5) is 5.69 Å². The van der Waals surface area contributed by atoms with Gasteiger partial charge in [-0.1, -0.05) is 24.3 Å². The number of amides is 1. The fourth-order valence-electron chi connectivity index (χ4n) is 1.75. The van der Waals surface area contributed by atoms with E-state index in [0.29, 0.717) is 17.1 Å². The largest absolute Gasteiger partial charge is 0.504 e. The van der Waals surface area contributed by atoms with Gasteiger partial charge in [-0.2, -0.15) is 0 Å². The molecule has 0 atom stereocenters. The van der Waals surface area contributed by atoms with Gasteiger partial charge in [0.1, 0.15) is 0 Å². The van der Waals surface area contributed by atoms with Gasteiger partial charge in [-0.05, 0) is 35.4 Å². The number of nitrogens with one attached hydrogen (secondary N) is 1. The summed E-state index contributed by atoms with van der Waals surface area (Å²) in [6.07, 6.45) is 2.88. The van der Waals surface area contributed by atoms with E-state index in [-0.39, 0.29) is 17.4 Å². The number of halogens is 1. The van der Waals surface area contributed by atoms with Gasteiger partial charge in [0.2, 0.25) is 5.91 Å². The zero-order chi connectivity index (χ0) is 15.2. The molecule has 0 aromatic heterocycles. The number of carbonyl (C=O) groups excluding carboxylic acids is 1. The maximum atomic E-state index is 11.9. The number of aromatic hydroxyl groups is 2. The van der Waals surface area contributed by atoms with Crippen molar-refractivity contribution < 1.29 is 15.0 Å². The number of hydrogen-bond donors (Lipinski definition) is 3. The molecule has 2 aromatic rings. The summed E-state index contributed by atoms with van der Waals surface area (Å²) in [4.78, 5) is 11.9. The molecular weight excluding hydrogens is 290 g/mol. The van der Waals surface area contributed by atoms with Gasteiger partial charge < -0.3 is 15.5 Å². The number of anilines is 1. The third kappa shape index (κ3) is 4.00. The van der Waals surface area contributed by atoms with Crippen molar-refractivity contribution in [3.8, 4) is 11.5 Å². The fraction of sp³-hybridized carbons (Fsp3) is 0.0625. The predicted molar refractivity (Wildman–Crippen MR) is 83.4 cm³/mol. The van der Waals surface area contributed by atoms with Crippen LogP contribution in [0.5, 0.6) is 11.5 Å². The SMILES string of the molecule is O=C(C=Cc1ccc(O)c(O)c1)Nc1ccccc1CCl. The maximum Gasteiger partial charge on any atom is 0.248 e. The lowest BCUT2D eigenvalue weighted by molar-refractivity contribution is -0.111. The fourth-order valence-corrected chi connectivity index (χ4v) is 1.98. The molecule has 0 spiro atoms. The normalized spacial score (nSPS) is 10.7. The monoisotopic (exact) mass is 303 g/mol. The van der Waals surface area contributed by atoms with Crippen molar-refractivity contribution in [1.29, 1.82) is 0 Å². The van der Waals surface area contributed by atoms with E-state index >= 15 is 0 Å². The van der Waals surface area contributed by atoms with Gasteiger partial charge in [-0.3, -0.25) is 4.79 Å². The van der Waals surface area contributed by atoms with Crippen LogP contribution < -0.4 is 5.32 Å². The number of carbonyl (C=O) groups is 1. The Bertz CT molecular complexity index is 683. The van der Waals surface area contributed by atoms with Crippen LogP contribution in [0, 0.1) is 0 Å². The number of rotatable bonds is 4. The van der Waals surface area contributed by atoms with E-state index in [9.17, 15) is 15.0 Å². The summed E-state index contributed by atoms with van der Waals surface area (Å²) < 4.78 is 0. The molecule has 2 rings (SSSR count). The van der Waals surface area contributed by atoms with Crippen LogP contribution >= 0.6 is 11.6 Å². The van der Waals surface area contributed by atoms with Crippen LogP contribution in [0.2, 0.25) is 0 Å². The van der Waals surface area contributed by atoms with Gasteiger partial charge in [0.05, 0.1) is 0 Å². The average Bonchev–Trinajstić information content (AvgIpc) is 2.49. The van der Waals surface area contributed by atoms with Crippen molar-refractivity contribution in [2.75, 3.05) is 5.32 Å². The third-order valence-corrected chi connectivity index (χ3v) is 3.13. The molecule has 21 heavy (non-hydrogen) atoms. The summed E-state index contributed by atoms with van der Waals surface area (Å²) in [5.74, 6) is -0.427. The minimum atomic E-state index is -0.305. The summed E-state index contributed by atoms with van der Waals surface area (Å²) >= 11 is 5.80. The molecule has 0 radical (unpaired) electrons. The van der Waals surface area contributed by atoms with Crippen LogP contribution in [0.1, 0.15) is 11.1 Å². The molecule has 0 aliphatic heterocycles. The molecule has 0 heterocycles. The lowest BCUT2D eigenvalue weighted by atomic mass is 10.2. The lowest BCUT2D eigenvalue weighted by Gasteiger charge is -2.06. The highest BCUT2D eigenvalue weighted by molar-refractivity contribution is 6.17. The molecule has 0 aliphatic rings. The Morgan fingerprint density at radius 2 is 1.90 bits per heavy atom. The average molecular weight is 304 g/mol. The summed E-state index contributed by atoms with van der Waals surface area (Å²) in [5, 5.41) is 21.3. The second-order valence-electron chi connectivity index (χ2n) is 4.36. The van der Waals surface area contributed by atoms with Gasteiger partial charge >= 0.3 is 0 Å². The molecule has 0 bridgehead atoms. The summed E-state index contributed by atoms with van der Waals surface area (Å²) in [6.45, 7) is 0. The number of phenols is 2. The van der Waals surface area contributed by atoms with Crippen molar-refractivity contribution in [3.63, 3.8) is 0 Å². The highest BCUT2D eigenvalue weighted by Gasteiger charge is 2.03. The van der Waals surface area contributed by atoms with E-state index in [1.807, 2.05) is 18.2 Å². The van der Waals surface area contributed by atoms with E-state index in [1.54, 1.807) is 12.1 Å². The Balaban J connectivity index is 2.07. The molecule has 3 N–H and O–H groups in total. The van der Waals surface area contributed by atoms with Crippen molar-refractivity contribution >= 4 is 29.3 Å². The lowest BCUT2D eigenvalue weighted by Crippen LogP contribution is -2.09. The highest BCUT2D eigenvalue weighted by Crippen LogP contribution is 2.25. The van der Waals surface area contributed by atoms with Crippen LogP contribution in [0.15, 0.2) is 48.5 Å². The molecule has 0 saturated carbocycles. The molecule has 4 nitrogen and oxygen atoms in total. The van der Waals surface area contributed by atoms with Crippen molar-refractivity contribution in [1.82, 2.24) is 0 Å². The Labute approximate surface area is 127 Å². The quantitative estimate of drug-likeness (QED) is 0.460. The summed E-state index contributed by atoms with van der Waals surface area (Å²) in [7, 11) is 0. The first kappa shape index (κ1) is 14.9. The zero-order valence-corrected chi connectivity index (χ0v) is 11.8. The molecule has 0 fully saturated rings. The molecule has 108 valence electrons. The number of phenolic OH excluding ortho intramolecular Hbond substituents is 2. The molecule has 2 aromatic carbocycles. The van der Waals surface area contributed by atoms with Gasteiger partial charge in [-0.15, -0.1) is 11.6 Å². The second kappa shape index (κ2) is 6.81. The van der Waals surface area contributed by atoms with Crippen molar-refractivity contribution in [3.05, 3.63) is 59.7 Å². The van der Waals surface area contributed by atoms with Gasteiger partial charge in [0.15, 0.2) is 11.5 Å².